The Balaban J connectivity index is 2.65. The lowest BCUT2D eigenvalue weighted by Gasteiger charge is -2.23. The molecule has 0 atom stereocenters. The summed E-state index contributed by atoms with van der Waals surface area (Å²) < 4.78 is 13.7. The largest absolute Gasteiger partial charge is 0.401 e. The Hall–Kier alpha value is -1.79. The van der Waals surface area contributed by atoms with Crippen molar-refractivity contribution in [3.8, 4) is 0 Å². The second-order valence-electron chi connectivity index (χ2n) is 6.16. The molecule has 0 saturated heterocycles. The van der Waals surface area contributed by atoms with Crippen molar-refractivity contribution in [2.75, 3.05) is 0 Å². The van der Waals surface area contributed by atoms with Crippen LogP contribution in [0.15, 0.2) is 72.2 Å². The van der Waals surface area contributed by atoms with Crippen LogP contribution in [0.1, 0.15) is 20.8 Å². The Bertz CT molecular complexity index is 626. The summed E-state index contributed by atoms with van der Waals surface area (Å²) in [7, 11) is -2.86. The van der Waals surface area contributed by atoms with Crippen LogP contribution in [0.2, 0.25) is 0 Å². The Morgan fingerprint density at radius 2 is 1.29 bits per heavy atom. The third kappa shape index (κ3) is 3.46. The SMILES string of the molecule is CC(C)(C)/C(N)=C\P(=O)(c1ccccc1)c1ccccc1. The maximum atomic E-state index is 13.7. The van der Waals surface area contributed by atoms with Crippen molar-refractivity contribution < 1.29 is 4.57 Å². The van der Waals surface area contributed by atoms with Crippen molar-refractivity contribution >= 4 is 17.8 Å². The second-order valence-corrected chi connectivity index (χ2v) is 8.77. The number of nitrogens with two attached hydrogens (primary N) is 1. The lowest BCUT2D eigenvalue weighted by Crippen LogP contribution is -2.20. The van der Waals surface area contributed by atoms with Gasteiger partial charge in [-0.25, -0.2) is 0 Å². The molecule has 0 aromatic heterocycles. The van der Waals surface area contributed by atoms with E-state index in [0.29, 0.717) is 5.70 Å². The van der Waals surface area contributed by atoms with Crippen LogP contribution in [0.3, 0.4) is 0 Å². The van der Waals surface area contributed by atoms with Gasteiger partial charge in [0.2, 0.25) is 0 Å². The summed E-state index contributed by atoms with van der Waals surface area (Å²) in [4.78, 5) is 0. The lowest BCUT2D eigenvalue weighted by atomic mass is 9.94. The summed E-state index contributed by atoms with van der Waals surface area (Å²) in [6, 6.07) is 19.1. The first-order valence-corrected chi connectivity index (χ1v) is 8.81. The molecule has 0 aliphatic heterocycles. The molecule has 0 bridgehead atoms. The van der Waals surface area contributed by atoms with Gasteiger partial charge in [-0.2, -0.15) is 0 Å². The van der Waals surface area contributed by atoms with Crippen molar-refractivity contribution in [3.05, 3.63) is 72.2 Å². The Kier molecular flexibility index (Phi) is 4.39. The van der Waals surface area contributed by atoms with E-state index >= 15 is 0 Å². The van der Waals surface area contributed by atoms with Crippen molar-refractivity contribution in [2.24, 2.45) is 11.1 Å². The minimum atomic E-state index is -2.86. The fraction of sp³-hybridized carbons (Fsp3) is 0.222. The molecule has 2 nitrogen and oxygen atoms in total. The second kappa shape index (κ2) is 5.91. The highest BCUT2D eigenvalue weighted by molar-refractivity contribution is 7.81. The van der Waals surface area contributed by atoms with E-state index in [-0.39, 0.29) is 5.41 Å². The Morgan fingerprint density at radius 1 is 0.905 bits per heavy atom. The van der Waals surface area contributed by atoms with Gasteiger partial charge < -0.3 is 10.3 Å². The zero-order valence-electron chi connectivity index (χ0n) is 12.8. The molecule has 0 aliphatic rings. The van der Waals surface area contributed by atoms with E-state index in [1.54, 1.807) is 5.82 Å². The van der Waals surface area contributed by atoms with Gasteiger partial charge in [0.05, 0.1) is 0 Å². The predicted molar refractivity (Wildman–Crippen MR) is 91.5 cm³/mol. The van der Waals surface area contributed by atoms with Crippen molar-refractivity contribution in [1.29, 1.82) is 0 Å². The third-order valence-corrected chi connectivity index (χ3v) is 6.24. The summed E-state index contributed by atoms with van der Waals surface area (Å²) in [5, 5.41) is 1.62. The Labute approximate surface area is 127 Å². The highest BCUT2D eigenvalue weighted by atomic mass is 31.2. The van der Waals surface area contributed by atoms with Gasteiger partial charge in [0.15, 0.2) is 7.14 Å². The van der Waals surface area contributed by atoms with E-state index in [9.17, 15) is 4.57 Å². The number of allylic oxidation sites excluding steroid dienone is 1. The first-order chi connectivity index (χ1) is 9.84. The molecule has 2 aromatic carbocycles. The van der Waals surface area contributed by atoms with E-state index in [4.69, 9.17) is 5.73 Å². The van der Waals surface area contributed by atoms with E-state index in [2.05, 4.69) is 0 Å². The minimum Gasteiger partial charge on any atom is -0.401 e. The molecule has 0 aliphatic carbocycles. The summed E-state index contributed by atoms with van der Waals surface area (Å²) in [6.45, 7) is 6.08. The van der Waals surface area contributed by atoms with Crippen LogP contribution in [0.5, 0.6) is 0 Å². The van der Waals surface area contributed by atoms with E-state index < -0.39 is 7.14 Å². The molecule has 3 heteroatoms. The van der Waals surface area contributed by atoms with Crippen molar-refractivity contribution in [1.82, 2.24) is 0 Å². The van der Waals surface area contributed by atoms with Gasteiger partial charge in [-0.1, -0.05) is 81.4 Å². The van der Waals surface area contributed by atoms with Crippen LogP contribution < -0.4 is 16.3 Å². The standard InChI is InChI=1S/C18H22NOP/c1-18(2,3)17(19)14-21(20,15-10-6-4-7-11-15)16-12-8-5-9-13-16/h4-14H,19H2,1-3H3/b17-14+. The molecule has 0 fully saturated rings. The van der Waals surface area contributed by atoms with Gasteiger partial charge in [-0.15, -0.1) is 0 Å². The van der Waals surface area contributed by atoms with Gasteiger partial charge in [0.25, 0.3) is 0 Å². The molecule has 0 radical (unpaired) electrons. The van der Waals surface area contributed by atoms with Crippen LogP contribution in [0.4, 0.5) is 0 Å². The molecule has 21 heavy (non-hydrogen) atoms. The molecule has 110 valence electrons. The summed E-state index contributed by atoms with van der Waals surface area (Å²) >= 11 is 0. The number of rotatable bonds is 3. The zero-order valence-corrected chi connectivity index (χ0v) is 13.7. The van der Waals surface area contributed by atoms with E-state index in [1.807, 2.05) is 81.4 Å². The summed E-state index contributed by atoms with van der Waals surface area (Å²) in [5.74, 6) is 1.76. The topological polar surface area (TPSA) is 43.1 Å². The van der Waals surface area contributed by atoms with Crippen molar-refractivity contribution in [3.63, 3.8) is 0 Å². The quantitative estimate of drug-likeness (QED) is 0.875. The first kappa shape index (κ1) is 15.6. The highest BCUT2D eigenvalue weighted by Crippen LogP contribution is 2.47. The van der Waals surface area contributed by atoms with Gasteiger partial charge in [0, 0.05) is 27.5 Å². The molecular weight excluding hydrogens is 277 g/mol. The van der Waals surface area contributed by atoms with E-state index in [1.165, 1.54) is 0 Å². The number of hydrogen-bond donors (Lipinski definition) is 1. The third-order valence-electron chi connectivity index (χ3n) is 3.47. The molecule has 2 aromatic rings. The average Bonchev–Trinajstić information content (AvgIpc) is 2.48. The van der Waals surface area contributed by atoms with Gasteiger partial charge >= 0.3 is 0 Å². The fourth-order valence-electron chi connectivity index (χ4n) is 1.99. The number of benzene rings is 2. The van der Waals surface area contributed by atoms with Crippen LogP contribution in [0.25, 0.3) is 0 Å². The molecular formula is C18H22NOP. The van der Waals surface area contributed by atoms with Crippen LogP contribution in [-0.4, -0.2) is 0 Å². The van der Waals surface area contributed by atoms with E-state index in [0.717, 1.165) is 10.6 Å². The average molecular weight is 299 g/mol. The molecule has 0 heterocycles. The van der Waals surface area contributed by atoms with Crippen LogP contribution in [-0.2, 0) is 4.57 Å². The van der Waals surface area contributed by atoms with Gasteiger partial charge in [0.1, 0.15) is 0 Å². The molecule has 2 rings (SSSR count). The molecule has 0 saturated carbocycles. The molecule has 0 unspecified atom stereocenters. The highest BCUT2D eigenvalue weighted by Gasteiger charge is 2.27. The smallest absolute Gasteiger partial charge is 0.165 e. The monoisotopic (exact) mass is 299 g/mol. The maximum Gasteiger partial charge on any atom is 0.165 e. The fourth-order valence-corrected chi connectivity index (χ4v) is 4.59. The predicted octanol–water partition coefficient (Wildman–Crippen LogP) is 3.85. The lowest BCUT2D eigenvalue weighted by molar-refractivity contribution is 0.498. The zero-order chi connectivity index (χ0) is 15.5. The maximum absolute atomic E-state index is 13.7. The first-order valence-electron chi connectivity index (χ1n) is 7.04. The molecule has 0 amide bonds. The van der Waals surface area contributed by atoms with Crippen molar-refractivity contribution in [2.45, 2.75) is 20.8 Å². The summed E-state index contributed by atoms with van der Waals surface area (Å²) in [6.07, 6.45) is 0. The van der Waals surface area contributed by atoms with Gasteiger partial charge in [-0.05, 0) is 0 Å². The van der Waals surface area contributed by atoms with Gasteiger partial charge in [-0.3, -0.25) is 0 Å². The Morgan fingerprint density at radius 3 is 1.62 bits per heavy atom. The minimum absolute atomic E-state index is 0.209. The normalized spacial score (nSPS) is 13.2. The van der Waals surface area contributed by atoms with Crippen LogP contribution in [0, 0.1) is 5.41 Å². The number of hydrogen-bond acceptors (Lipinski definition) is 2. The molecule has 2 N–H and O–H groups in total. The van der Waals surface area contributed by atoms with Crippen LogP contribution >= 0.6 is 7.14 Å². The molecule has 0 spiro atoms. The summed E-state index contributed by atoms with van der Waals surface area (Å²) in [5.41, 5.74) is 6.64.